The van der Waals surface area contributed by atoms with Gasteiger partial charge in [0, 0.05) is 30.7 Å². The molecule has 0 aliphatic carbocycles. The van der Waals surface area contributed by atoms with Crippen molar-refractivity contribution in [1.29, 1.82) is 0 Å². The van der Waals surface area contributed by atoms with E-state index >= 15 is 0 Å². The van der Waals surface area contributed by atoms with Crippen molar-refractivity contribution in [2.75, 3.05) is 40.0 Å². The van der Waals surface area contributed by atoms with E-state index in [1.54, 1.807) is 38.3 Å². The van der Waals surface area contributed by atoms with Crippen LogP contribution in [0.25, 0.3) is 5.78 Å². The molecule has 2 atom stereocenters. The summed E-state index contributed by atoms with van der Waals surface area (Å²) >= 11 is 2.77. The van der Waals surface area contributed by atoms with E-state index in [2.05, 4.69) is 29.9 Å². The Labute approximate surface area is 254 Å². The van der Waals surface area contributed by atoms with Crippen LogP contribution < -0.4 is 15.1 Å². The molecule has 1 aromatic carbocycles. The Hall–Kier alpha value is -3.61. The quantitative estimate of drug-likeness (QED) is 0.257. The lowest BCUT2D eigenvalue weighted by Crippen LogP contribution is -2.49. The second kappa shape index (κ2) is 12.2. The number of hydrazine groups is 1. The van der Waals surface area contributed by atoms with Gasteiger partial charge in [0.1, 0.15) is 22.2 Å². The van der Waals surface area contributed by atoms with Gasteiger partial charge in [0.15, 0.2) is 10.7 Å². The Morgan fingerprint density at radius 3 is 2.67 bits per heavy atom. The number of nitrogens with zero attached hydrogens (tertiary/aromatic N) is 6. The fraction of sp³-hybridized carbons (Fsp3) is 0.346. The molecule has 2 saturated heterocycles. The first-order chi connectivity index (χ1) is 20.7. The number of aliphatic imine (C=N–C) groups is 1. The summed E-state index contributed by atoms with van der Waals surface area (Å²) in [6.07, 6.45) is 1.39. The number of carbonyl (C=O) groups is 1. The number of hydrogen-bond donors (Lipinski definition) is 2. The fourth-order valence-corrected chi connectivity index (χ4v) is 8.41. The predicted molar refractivity (Wildman–Crippen MR) is 161 cm³/mol. The van der Waals surface area contributed by atoms with Crippen LogP contribution in [-0.4, -0.2) is 95.2 Å². The van der Waals surface area contributed by atoms with Gasteiger partial charge in [-0.25, -0.2) is 27.9 Å². The zero-order valence-corrected chi connectivity index (χ0v) is 25.6. The highest BCUT2D eigenvalue weighted by molar-refractivity contribution is 8.01. The van der Waals surface area contributed by atoms with Crippen LogP contribution in [0.15, 0.2) is 56.5 Å². The van der Waals surface area contributed by atoms with Crippen LogP contribution in [0.1, 0.15) is 21.6 Å². The molecular weight excluding hydrogens is 617 g/mol. The maximum absolute atomic E-state index is 14.0. The smallest absolute Gasteiger partial charge is 0.283 e. The Morgan fingerprint density at radius 2 is 1.98 bits per heavy atom. The number of benzene rings is 1. The highest BCUT2D eigenvalue weighted by Crippen LogP contribution is 2.44. The summed E-state index contributed by atoms with van der Waals surface area (Å²) in [7, 11) is -3.13. The van der Waals surface area contributed by atoms with Gasteiger partial charge in [-0.05, 0) is 48.2 Å². The van der Waals surface area contributed by atoms with Crippen molar-refractivity contribution in [3.63, 3.8) is 0 Å². The van der Waals surface area contributed by atoms with Gasteiger partial charge >= 0.3 is 0 Å². The van der Waals surface area contributed by atoms with Crippen molar-refractivity contribution in [3.05, 3.63) is 68.4 Å². The molecular formula is C26H28N8O6S3. The number of aromatic nitrogens is 4. The summed E-state index contributed by atoms with van der Waals surface area (Å²) in [6.45, 7) is 4.49. The maximum Gasteiger partial charge on any atom is 0.283 e. The highest BCUT2D eigenvalue weighted by Gasteiger charge is 2.45. The second-order valence-corrected chi connectivity index (χ2v) is 13.6. The standard InChI is InChI=1S/C26H28N8O6S3/c1-16-29-30-26-28-22(27-14-17-5-7-18(39-2)8-6-17)21(24(36)33(16)26)43(37,38)31-34-23(35)20(15-32-9-11-40-12-10-32)42-25(34)19-4-3-13-41-19/h3-8,13-14,20,25,31H,9-12,15H2,1-2H3,(H,28,30)/b27-14+. The SMILES string of the molecule is COc1ccc(/C=N/c2nc3[nH]nc(C)n3c(=O)c2S(=O)(=O)NN2C(=O)C(CN3CCOCC3)SC2c2cccs2)cc1. The third-order valence-electron chi connectivity index (χ3n) is 6.96. The molecule has 17 heteroatoms. The molecule has 0 spiro atoms. The van der Waals surface area contributed by atoms with Crippen molar-refractivity contribution in [1.82, 2.24) is 34.3 Å². The Kier molecular flexibility index (Phi) is 8.34. The summed E-state index contributed by atoms with van der Waals surface area (Å²) in [5, 5.41) is 8.43. The van der Waals surface area contributed by atoms with E-state index in [4.69, 9.17) is 9.47 Å². The number of thiophene rings is 1. The largest absolute Gasteiger partial charge is 0.497 e. The van der Waals surface area contributed by atoms with E-state index in [0.29, 0.717) is 44.2 Å². The molecule has 5 heterocycles. The minimum Gasteiger partial charge on any atom is -0.497 e. The summed E-state index contributed by atoms with van der Waals surface area (Å²) in [4.78, 5) is 40.6. The van der Waals surface area contributed by atoms with Gasteiger partial charge < -0.3 is 9.47 Å². The third-order valence-corrected chi connectivity index (χ3v) is 10.8. The maximum atomic E-state index is 14.0. The van der Waals surface area contributed by atoms with Crippen molar-refractivity contribution < 1.29 is 22.7 Å². The number of fused-ring (bicyclic) bond motifs is 1. The molecule has 2 unspecified atom stereocenters. The number of nitrogens with one attached hydrogen (secondary N) is 2. The molecule has 6 rings (SSSR count). The number of amides is 1. The number of aromatic amines is 1. The number of morpholine rings is 1. The van der Waals surface area contributed by atoms with Crippen molar-refractivity contribution in [2.45, 2.75) is 22.4 Å². The molecule has 2 aliphatic rings. The molecule has 0 radical (unpaired) electrons. The lowest BCUT2D eigenvalue weighted by Gasteiger charge is -2.28. The summed E-state index contributed by atoms with van der Waals surface area (Å²) < 4.78 is 39.8. The summed E-state index contributed by atoms with van der Waals surface area (Å²) in [5.74, 6) is 0.113. The Balaban J connectivity index is 1.37. The number of methoxy groups -OCH3 is 1. The van der Waals surface area contributed by atoms with Crippen LogP contribution in [0, 0.1) is 6.92 Å². The number of ether oxygens (including phenoxy) is 2. The number of sulfonamides is 1. The minimum atomic E-state index is -4.68. The first-order valence-corrected chi connectivity index (χ1v) is 16.6. The van der Waals surface area contributed by atoms with Gasteiger partial charge in [0.2, 0.25) is 5.78 Å². The molecule has 1 amide bonds. The number of carbonyl (C=O) groups excluding carboxylic acids is 1. The Bertz CT molecular complexity index is 1820. The second-order valence-electron chi connectivity index (χ2n) is 9.74. The number of thioether (sulfide) groups is 1. The fourth-order valence-electron chi connectivity index (χ4n) is 4.78. The van der Waals surface area contributed by atoms with Gasteiger partial charge in [-0.15, -0.1) is 27.9 Å². The first kappa shape index (κ1) is 29.5. The van der Waals surface area contributed by atoms with Crippen LogP contribution in [0.2, 0.25) is 0 Å². The van der Waals surface area contributed by atoms with E-state index in [-0.39, 0.29) is 17.4 Å². The molecule has 0 saturated carbocycles. The van der Waals surface area contributed by atoms with Crippen LogP contribution >= 0.6 is 23.1 Å². The van der Waals surface area contributed by atoms with E-state index in [1.807, 2.05) is 17.5 Å². The van der Waals surface area contributed by atoms with Crippen molar-refractivity contribution >= 4 is 56.8 Å². The molecule has 2 fully saturated rings. The summed E-state index contributed by atoms with van der Waals surface area (Å²) in [6, 6.07) is 10.6. The van der Waals surface area contributed by atoms with E-state index in [1.165, 1.54) is 29.3 Å². The van der Waals surface area contributed by atoms with Crippen molar-refractivity contribution in [3.8, 4) is 5.75 Å². The molecule has 3 aromatic heterocycles. The number of rotatable bonds is 9. The van der Waals surface area contributed by atoms with E-state index in [0.717, 1.165) is 14.3 Å². The van der Waals surface area contributed by atoms with Crippen LogP contribution in [0.5, 0.6) is 5.75 Å². The predicted octanol–water partition coefficient (Wildman–Crippen LogP) is 1.72. The van der Waals surface area contributed by atoms with Gasteiger partial charge in [0.05, 0.1) is 20.3 Å². The van der Waals surface area contributed by atoms with Gasteiger partial charge in [0.25, 0.3) is 21.5 Å². The average Bonchev–Trinajstić information content (AvgIpc) is 3.73. The first-order valence-electron chi connectivity index (χ1n) is 13.3. The van der Waals surface area contributed by atoms with Crippen LogP contribution in [0.4, 0.5) is 5.82 Å². The number of hydrogen-bond acceptors (Lipinski definition) is 12. The monoisotopic (exact) mass is 644 g/mol. The average molecular weight is 645 g/mol. The molecule has 4 aromatic rings. The van der Waals surface area contributed by atoms with Crippen LogP contribution in [-0.2, 0) is 19.6 Å². The zero-order valence-electron chi connectivity index (χ0n) is 23.2. The van der Waals surface area contributed by atoms with Gasteiger partial charge in [-0.3, -0.25) is 14.5 Å². The van der Waals surface area contributed by atoms with E-state index in [9.17, 15) is 18.0 Å². The normalized spacial score (nSPS) is 20.0. The zero-order chi connectivity index (χ0) is 30.1. The van der Waals surface area contributed by atoms with Crippen molar-refractivity contribution in [2.24, 2.45) is 4.99 Å². The minimum absolute atomic E-state index is 0.0261. The number of aryl methyl sites for hydroxylation is 1. The topological polar surface area (TPSA) is 164 Å². The molecule has 226 valence electrons. The highest BCUT2D eigenvalue weighted by atomic mass is 32.2. The molecule has 43 heavy (non-hydrogen) atoms. The summed E-state index contributed by atoms with van der Waals surface area (Å²) in [5.41, 5.74) is -0.280. The number of H-pyrrole nitrogens is 1. The molecule has 0 bridgehead atoms. The molecule has 2 N–H and O–H groups in total. The Morgan fingerprint density at radius 1 is 1.21 bits per heavy atom. The lowest BCUT2D eigenvalue weighted by atomic mass is 10.2. The van der Waals surface area contributed by atoms with Gasteiger partial charge in [-0.2, -0.15) is 10.1 Å². The van der Waals surface area contributed by atoms with E-state index < -0.39 is 37.0 Å². The lowest BCUT2D eigenvalue weighted by molar-refractivity contribution is -0.132. The third kappa shape index (κ3) is 5.96. The van der Waals surface area contributed by atoms with Gasteiger partial charge in [-0.1, -0.05) is 6.07 Å². The molecule has 14 nitrogen and oxygen atoms in total. The van der Waals surface area contributed by atoms with Crippen LogP contribution in [0.3, 0.4) is 0 Å². The molecule has 2 aliphatic heterocycles.